The van der Waals surface area contributed by atoms with Crippen molar-refractivity contribution >= 4 is 18.7 Å². The van der Waals surface area contributed by atoms with E-state index in [0.29, 0.717) is 0 Å². The number of aryl methyl sites for hydroxylation is 3. The van der Waals surface area contributed by atoms with Gasteiger partial charge in [-0.1, -0.05) is 0 Å². The van der Waals surface area contributed by atoms with Gasteiger partial charge in [-0.2, -0.15) is 0 Å². The predicted molar refractivity (Wildman–Crippen MR) is 94.2 cm³/mol. The molecule has 3 N–H and O–H groups in total. The van der Waals surface area contributed by atoms with Crippen molar-refractivity contribution in [2.75, 3.05) is 6.16 Å². The molecule has 0 heterocycles. The third-order valence-corrected chi connectivity index (χ3v) is 5.99. The van der Waals surface area contributed by atoms with E-state index in [9.17, 15) is 14.7 Å². The van der Waals surface area contributed by atoms with E-state index in [1.54, 1.807) is 24.3 Å². The second-order valence-corrected chi connectivity index (χ2v) is 9.07. The Morgan fingerprint density at radius 3 is 2.00 bits per heavy atom. The minimum atomic E-state index is -4.84. The third-order valence-electron chi connectivity index (χ3n) is 3.75. The zero-order valence-corrected chi connectivity index (χ0v) is 14.1. The summed E-state index contributed by atoms with van der Waals surface area (Å²) in [6, 6.07) is 12.4. The first-order chi connectivity index (χ1) is 10.2. The van der Waals surface area contributed by atoms with E-state index in [1.165, 1.54) is 17.7 Å². The second kappa shape index (κ2) is 5.94. The Morgan fingerprint density at radius 2 is 1.45 bits per heavy atom. The molecule has 0 fully saturated rings. The summed E-state index contributed by atoms with van der Waals surface area (Å²) in [4.78, 5) is 30.9. The molecule has 0 bridgehead atoms. The number of allylic oxidation sites excluding steroid dienone is 1. The minimum absolute atomic E-state index is 0.176. The van der Waals surface area contributed by atoms with Gasteiger partial charge >= 0.3 is 131 Å². The van der Waals surface area contributed by atoms with Crippen molar-refractivity contribution in [2.45, 2.75) is 20.8 Å². The first kappa shape index (κ1) is 16.9. The van der Waals surface area contributed by atoms with Crippen LogP contribution in [0.2, 0.25) is 0 Å². The van der Waals surface area contributed by atoms with Gasteiger partial charge < -0.3 is 0 Å². The van der Waals surface area contributed by atoms with Crippen molar-refractivity contribution in [3.05, 3.63) is 70.8 Å². The van der Waals surface area contributed by atoms with Crippen LogP contribution in [-0.2, 0) is 0 Å². The standard InChI is InChI=1S/C18H23O3P/c1-14-12-15(2)18(16(3)13-14)10-7-11-22(19,20,21)17-8-5-4-6-9-17/h4-10,12-13,19-21H,11H2,1-3H3. The normalized spacial score (nSPS) is 14.0. The molecule has 0 unspecified atom stereocenters. The monoisotopic (exact) mass is 318 g/mol. The molecular weight excluding hydrogens is 295 g/mol. The maximum atomic E-state index is 10.3. The quantitative estimate of drug-likeness (QED) is 0.759. The van der Waals surface area contributed by atoms with E-state index in [0.717, 1.165) is 16.7 Å². The zero-order chi connectivity index (χ0) is 16.4. The van der Waals surface area contributed by atoms with Crippen LogP contribution in [0.3, 0.4) is 0 Å². The molecule has 3 nitrogen and oxygen atoms in total. The number of rotatable bonds is 4. The molecule has 4 heteroatoms. The van der Waals surface area contributed by atoms with Gasteiger partial charge in [0.2, 0.25) is 0 Å². The summed E-state index contributed by atoms with van der Waals surface area (Å²) >= 11 is 0. The summed E-state index contributed by atoms with van der Waals surface area (Å²) in [6.45, 7) is 6.09. The predicted octanol–water partition coefficient (Wildman–Crippen LogP) is 3.23. The number of hydrogen-bond donors (Lipinski definition) is 3. The van der Waals surface area contributed by atoms with Gasteiger partial charge in [-0.05, 0) is 0 Å². The van der Waals surface area contributed by atoms with Gasteiger partial charge in [0.05, 0.1) is 0 Å². The van der Waals surface area contributed by atoms with E-state index in [1.807, 2.05) is 26.8 Å². The van der Waals surface area contributed by atoms with Crippen molar-refractivity contribution in [1.29, 1.82) is 0 Å². The van der Waals surface area contributed by atoms with Gasteiger partial charge in [-0.3, -0.25) is 0 Å². The summed E-state index contributed by atoms with van der Waals surface area (Å²) in [7, 11) is -4.84. The Balaban J connectivity index is 2.26. The van der Waals surface area contributed by atoms with Crippen LogP contribution in [0, 0.1) is 20.8 Å². The number of hydrogen-bond acceptors (Lipinski definition) is 3. The van der Waals surface area contributed by atoms with Gasteiger partial charge in [-0.25, -0.2) is 0 Å². The molecule has 0 saturated carbocycles. The molecule has 118 valence electrons. The van der Waals surface area contributed by atoms with Crippen LogP contribution in [-0.4, -0.2) is 20.8 Å². The van der Waals surface area contributed by atoms with Crippen LogP contribution in [0.1, 0.15) is 22.3 Å². The Labute approximate surface area is 131 Å². The molecule has 22 heavy (non-hydrogen) atoms. The van der Waals surface area contributed by atoms with E-state index >= 15 is 0 Å². The molecule has 2 rings (SSSR count). The molecule has 0 aliphatic carbocycles. The first-order valence-electron chi connectivity index (χ1n) is 7.24. The topological polar surface area (TPSA) is 60.7 Å². The second-order valence-electron chi connectivity index (χ2n) is 5.88. The van der Waals surface area contributed by atoms with Crippen LogP contribution < -0.4 is 5.30 Å². The SMILES string of the molecule is Cc1cc(C)c(C=CCP(O)(O)(O)c2ccccc2)c(C)c1. The first-order valence-corrected chi connectivity index (χ1v) is 9.52. The molecule has 0 aliphatic rings. The summed E-state index contributed by atoms with van der Waals surface area (Å²) in [5.74, 6) is 0. The fraction of sp³-hybridized carbons (Fsp3) is 0.222. The molecular formula is C18H23O3P. The fourth-order valence-corrected chi connectivity index (χ4v) is 4.15. The molecule has 0 aromatic heterocycles. The van der Waals surface area contributed by atoms with Crippen molar-refractivity contribution in [3.8, 4) is 0 Å². The van der Waals surface area contributed by atoms with Crippen molar-refractivity contribution in [2.24, 2.45) is 0 Å². The van der Waals surface area contributed by atoms with Crippen molar-refractivity contribution in [1.82, 2.24) is 0 Å². The Kier molecular flexibility index (Phi) is 4.55. The summed E-state index contributed by atoms with van der Waals surface area (Å²) in [5.41, 5.74) is 4.50. The summed E-state index contributed by atoms with van der Waals surface area (Å²) < 4.78 is 0. The molecule has 2 aromatic carbocycles. The number of benzene rings is 2. The van der Waals surface area contributed by atoms with E-state index < -0.39 is 7.28 Å². The molecule has 0 amide bonds. The van der Waals surface area contributed by atoms with Gasteiger partial charge in [0.15, 0.2) is 0 Å². The third kappa shape index (κ3) is 3.82. The average molecular weight is 318 g/mol. The van der Waals surface area contributed by atoms with Crippen LogP contribution in [0.25, 0.3) is 6.08 Å². The molecule has 0 saturated heterocycles. The Hall–Kier alpha value is -1.51. The van der Waals surface area contributed by atoms with Crippen LogP contribution in [0.5, 0.6) is 0 Å². The molecule has 0 radical (unpaired) electrons. The van der Waals surface area contributed by atoms with Crippen LogP contribution in [0.15, 0.2) is 48.5 Å². The van der Waals surface area contributed by atoms with Crippen LogP contribution >= 0.6 is 7.28 Å². The van der Waals surface area contributed by atoms with E-state index in [2.05, 4.69) is 12.1 Å². The summed E-state index contributed by atoms with van der Waals surface area (Å²) in [5, 5.41) is 0.176. The van der Waals surface area contributed by atoms with Gasteiger partial charge in [0.25, 0.3) is 0 Å². The Bertz CT molecular complexity index is 674. The van der Waals surface area contributed by atoms with Crippen molar-refractivity contribution in [3.63, 3.8) is 0 Å². The Morgan fingerprint density at radius 1 is 0.909 bits per heavy atom. The van der Waals surface area contributed by atoms with Crippen molar-refractivity contribution < 1.29 is 14.7 Å². The van der Waals surface area contributed by atoms with E-state index in [4.69, 9.17) is 0 Å². The van der Waals surface area contributed by atoms with Gasteiger partial charge in [0, 0.05) is 0 Å². The maximum absolute atomic E-state index is 10.3. The van der Waals surface area contributed by atoms with Gasteiger partial charge in [-0.15, -0.1) is 0 Å². The van der Waals surface area contributed by atoms with E-state index in [-0.39, 0.29) is 11.5 Å². The molecule has 0 atom stereocenters. The molecule has 2 aromatic rings. The fourth-order valence-electron chi connectivity index (χ4n) is 2.66. The van der Waals surface area contributed by atoms with Gasteiger partial charge in [0.1, 0.15) is 0 Å². The molecule has 0 aliphatic heterocycles. The zero-order valence-electron chi connectivity index (χ0n) is 13.2. The van der Waals surface area contributed by atoms with Crippen LogP contribution in [0.4, 0.5) is 0 Å². The summed E-state index contributed by atoms with van der Waals surface area (Å²) in [6.07, 6.45) is 3.29. The molecule has 0 spiro atoms. The average Bonchev–Trinajstić information content (AvgIpc) is 2.42.